The summed E-state index contributed by atoms with van der Waals surface area (Å²) in [7, 11) is 1.18. The second-order valence-electron chi connectivity index (χ2n) is 23.5. The fourth-order valence-corrected chi connectivity index (χ4v) is 10.4. The Bertz CT molecular complexity index is 1320. The number of ether oxygens (including phenoxy) is 2. The van der Waals surface area contributed by atoms with Gasteiger partial charge in [-0.25, -0.2) is 0 Å². The molecule has 0 aromatic heterocycles. The molecule has 444 valence electrons. The zero-order valence-electron chi connectivity index (χ0n) is 50.5. The van der Waals surface area contributed by atoms with Crippen LogP contribution in [0, 0.1) is 0 Å². The first-order chi connectivity index (χ1) is 36.5. The molecule has 0 aliphatic heterocycles. The van der Waals surface area contributed by atoms with E-state index in [4.69, 9.17) is 18.5 Å². The van der Waals surface area contributed by atoms with Crippen LogP contribution in [0.4, 0.5) is 0 Å². The minimum Gasteiger partial charge on any atom is -0.756 e. The second kappa shape index (κ2) is 57.2. The molecule has 0 bridgehead atoms. The lowest BCUT2D eigenvalue weighted by molar-refractivity contribution is -0.870. The van der Waals surface area contributed by atoms with Crippen molar-refractivity contribution in [2.24, 2.45) is 0 Å². The number of likely N-dealkylation sites (N-methyl/N-ethyl adjacent to an activating group) is 1. The number of unbranched alkanes of at least 4 members (excludes halogenated alkanes) is 43. The molecule has 0 amide bonds. The fraction of sp³-hybridized carbons (Fsp3) is 0.908. The number of rotatable bonds is 61. The second-order valence-corrected chi connectivity index (χ2v) is 24.9. The largest absolute Gasteiger partial charge is 0.756 e. The van der Waals surface area contributed by atoms with Gasteiger partial charge in [-0.2, -0.15) is 0 Å². The van der Waals surface area contributed by atoms with Gasteiger partial charge in [-0.1, -0.05) is 295 Å². The lowest BCUT2D eigenvalue weighted by Crippen LogP contribution is -2.37. The molecule has 0 aromatic carbocycles. The smallest absolute Gasteiger partial charge is 0.306 e. The van der Waals surface area contributed by atoms with Gasteiger partial charge >= 0.3 is 11.9 Å². The van der Waals surface area contributed by atoms with Gasteiger partial charge in [0.2, 0.25) is 0 Å². The Morgan fingerprint density at radius 2 is 0.720 bits per heavy atom. The molecule has 0 saturated carbocycles. The molecule has 0 aromatic rings. The molecule has 0 spiro atoms. The van der Waals surface area contributed by atoms with Crippen LogP contribution in [0.15, 0.2) is 24.3 Å². The number of hydrogen-bond acceptors (Lipinski definition) is 8. The maximum absolute atomic E-state index is 12.8. The van der Waals surface area contributed by atoms with E-state index in [2.05, 4.69) is 38.2 Å². The third-order valence-electron chi connectivity index (χ3n) is 14.7. The van der Waals surface area contributed by atoms with Crippen molar-refractivity contribution in [3.05, 3.63) is 24.3 Å². The average Bonchev–Trinajstić information content (AvgIpc) is 3.37. The minimum absolute atomic E-state index is 0.0279. The van der Waals surface area contributed by atoms with Gasteiger partial charge in [0.25, 0.3) is 7.82 Å². The summed E-state index contributed by atoms with van der Waals surface area (Å²) in [5.74, 6) is -0.814. The van der Waals surface area contributed by atoms with Crippen LogP contribution < -0.4 is 4.89 Å². The Morgan fingerprint density at radius 1 is 0.413 bits per heavy atom. The van der Waals surface area contributed by atoms with Crippen LogP contribution in [-0.4, -0.2) is 70.0 Å². The van der Waals surface area contributed by atoms with Crippen molar-refractivity contribution in [1.29, 1.82) is 0 Å². The van der Waals surface area contributed by atoms with Crippen LogP contribution in [0.2, 0.25) is 0 Å². The third-order valence-corrected chi connectivity index (χ3v) is 15.7. The number of phosphoric ester groups is 1. The number of carbonyl (C=O) groups excluding carboxylic acids is 2. The normalized spacial score (nSPS) is 13.3. The van der Waals surface area contributed by atoms with E-state index in [0.717, 1.165) is 44.9 Å². The molecule has 0 radical (unpaired) electrons. The highest BCUT2D eigenvalue weighted by atomic mass is 31.2. The van der Waals surface area contributed by atoms with Crippen LogP contribution >= 0.6 is 7.82 Å². The van der Waals surface area contributed by atoms with Gasteiger partial charge in [-0.3, -0.25) is 14.2 Å². The molecule has 0 saturated heterocycles. The number of phosphoric acid groups is 1. The van der Waals surface area contributed by atoms with Crippen molar-refractivity contribution in [2.75, 3.05) is 47.5 Å². The monoisotopic (exact) mass is 1080 g/mol. The highest BCUT2D eigenvalue weighted by Crippen LogP contribution is 2.38. The van der Waals surface area contributed by atoms with Crippen molar-refractivity contribution in [1.82, 2.24) is 0 Å². The van der Waals surface area contributed by atoms with Crippen molar-refractivity contribution in [3.8, 4) is 0 Å². The summed E-state index contributed by atoms with van der Waals surface area (Å²) in [6.45, 7) is 4.30. The Hall–Kier alpha value is -1.51. The first kappa shape index (κ1) is 73.5. The Morgan fingerprint density at radius 3 is 1.05 bits per heavy atom. The molecule has 75 heavy (non-hydrogen) atoms. The highest BCUT2D eigenvalue weighted by molar-refractivity contribution is 7.45. The number of allylic oxidation sites excluding steroid dienone is 4. The maximum Gasteiger partial charge on any atom is 0.306 e. The molecule has 0 fully saturated rings. The number of nitrogens with zero attached hydrogens (tertiary/aromatic N) is 1. The molecule has 0 aliphatic rings. The summed E-state index contributed by atoms with van der Waals surface area (Å²) in [5, 5.41) is 0. The Kier molecular flexibility index (Phi) is 56.0. The predicted molar refractivity (Wildman–Crippen MR) is 319 cm³/mol. The van der Waals surface area contributed by atoms with Crippen molar-refractivity contribution >= 4 is 19.8 Å². The van der Waals surface area contributed by atoms with E-state index in [-0.39, 0.29) is 32.0 Å². The zero-order chi connectivity index (χ0) is 54.9. The SMILES string of the molecule is CCCCCCC/C=C\C/C=C\CCCCCCCCCCCCCCCC(=O)OC(COC(=O)CCCCCCCCCCCCCCCCCCCCCCCCCCCC)COP(=O)([O-])OCC[N+](C)(C)C. The summed E-state index contributed by atoms with van der Waals surface area (Å²) in [6.07, 6.45) is 69.6. The van der Waals surface area contributed by atoms with Gasteiger partial charge in [0.05, 0.1) is 27.7 Å². The summed E-state index contributed by atoms with van der Waals surface area (Å²) in [6, 6.07) is 0. The number of quaternary nitrogens is 1. The number of carbonyl (C=O) groups is 2. The van der Waals surface area contributed by atoms with E-state index in [1.165, 1.54) is 250 Å². The average molecular weight is 1080 g/mol. The van der Waals surface area contributed by atoms with Gasteiger partial charge < -0.3 is 27.9 Å². The summed E-state index contributed by atoms with van der Waals surface area (Å²) in [5.41, 5.74) is 0. The fourth-order valence-electron chi connectivity index (χ4n) is 9.69. The van der Waals surface area contributed by atoms with Crippen LogP contribution in [0.1, 0.15) is 328 Å². The third kappa shape index (κ3) is 61.6. The molecule has 9 nitrogen and oxygen atoms in total. The summed E-state index contributed by atoms with van der Waals surface area (Å²) in [4.78, 5) is 38.0. The van der Waals surface area contributed by atoms with Crippen LogP contribution in [0.3, 0.4) is 0 Å². The lowest BCUT2D eigenvalue weighted by atomic mass is 10.0. The van der Waals surface area contributed by atoms with E-state index in [1.807, 2.05) is 21.1 Å². The quantitative estimate of drug-likeness (QED) is 0.0195. The van der Waals surface area contributed by atoms with Crippen LogP contribution in [-0.2, 0) is 32.7 Å². The molecule has 0 aliphatic carbocycles. The van der Waals surface area contributed by atoms with E-state index < -0.39 is 26.5 Å². The number of esters is 2. The van der Waals surface area contributed by atoms with Gasteiger partial charge in [0, 0.05) is 12.8 Å². The van der Waals surface area contributed by atoms with E-state index in [0.29, 0.717) is 17.4 Å². The van der Waals surface area contributed by atoms with E-state index in [9.17, 15) is 19.0 Å². The van der Waals surface area contributed by atoms with Gasteiger partial charge in [0.15, 0.2) is 6.10 Å². The van der Waals surface area contributed by atoms with Gasteiger partial charge in [-0.05, 0) is 44.9 Å². The molecule has 0 N–H and O–H groups in total. The Balaban J connectivity index is 4.05. The minimum atomic E-state index is -4.64. The van der Waals surface area contributed by atoms with Crippen LogP contribution in [0.5, 0.6) is 0 Å². The predicted octanol–water partition coefficient (Wildman–Crippen LogP) is 19.9. The molecule has 0 rings (SSSR count). The molecule has 2 atom stereocenters. The van der Waals surface area contributed by atoms with Gasteiger partial charge in [-0.15, -0.1) is 0 Å². The lowest BCUT2D eigenvalue weighted by Gasteiger charge is -2.28. The first-order valence-corrected chi connectivity index (χ1v) is 34.0. The molecule has 10 heteroatoms. The summed E-state index contributed by atoms with van der Waals surface area (Å²) < 4.78 is 34.3. The molecule has 0 heterocycles. The molecule has 2 unspecified atom stereocenters. The topological polar surface area (TPSA) is 111 Å². The van der Waals surface area contributed by atoms with Crippen molar-refractivity contribution < 1.29 is 42.1 Å². The van der Waals surface area contributed by atoms with Gasteiger partial charge in [0.1, 0.15) is 19.8 Å². The van der Waals surface area contributed by atoms with E-state index in [1.54, 1.807) is 0 Å². The van der Waals surface area contributed by atoms with Crippen molar-refractivity contribution in [2.45, 2.75) is 335 Å². The summed E-state index contributed by atoms with van der Waals surface area (Å²) >= 11 is 0. The zero-order valence-corrected chi connectivity index (χ0v) is 51.4. The molecular formula is C65H126NO8P. The number of hydrogen-bond donors (Lipinski definition) is 0. The maximum atomic E-state index is 12.8. The van der Waals surface area contributed by atoms with Crippen LogP contribution in [0.25, 0.3) is 0 Å². The van der Waals surface area contributed by atoms with E-state index >= 15 is 0 Å². The molecular weight excluding hydrogens is 954 g/mol. The Labute approximate surface area is 466 Å². The first-order valence-electron chi connectivity index (χ1n) is 32.5. The standard InChI is InChI=1S/C65H126NO8P/c1-6-8-10-12-14-16-18-20-22-24-26-28-30-32-34-35-37-39-41-43-45-47-49-51-53-55-57-64(67)71-61-63(62-73-75(69,70)72-60-59-66(3,4)5)74-65(68)58-56-54-52-50-48-46-44-42-40-38-36-33-31-29-27-25-23-21-19-17-15-13-11-9-7-2/h19,21,25,27,63H,6-18,20,22-24,26,28-62H2,1-5H3/b21-19-,27-25-. The highest BCUT2D eigenvalue weighted by Gasteiger charge is 2.22. The van der Waals surface area contributed by atoms with Crippen molar-refractivity contribution in [3.63, 3.8) is 0 Å².